The highest BCUT2D eigenvalue weighted by Crippen LogP contribution is 2.42. The number of benzene rings is 3. The zero-order chi connectivity index (χ0) is 27.2. The average molecular weight is 534 g/mol. The van der Waals surface area contributed by atoms with Crippen LogP contribution in [0.5, 0.6) is 11.5 Å². The summed E-state index contributed by atoms with van der Waals surface area (Å²) in [7, 11) is 1.45. The second kappa shape index (κ2) is 11.7. The number of para-hydroxylation sites is 1. The van der Waals surface area contributed by atoms with Crippen LogP contribution in [0.25, 0.3) is 0 Å². The van der Waals surface area contributed by atoms with E-state index in [1.165, 1.54) is 19.2 Å². The second-order valence-corrected chi connectivity index (χ2v) is 8.75. The van der Waals surface area contributed by atoms with E-state index in [4.69, 9.17) is 26.4 Å². The molecule has 1 aliphatic heterocycles. The molecule has 1 N–H and O–H groups in total. The monoisotopic (exact) mass is 533 g/mol. The molecule has 0 saturated carbocycles. The first-order chi connectivity index (χ1) is 18.3. The van der Waals surface area contributed by atoms with Crippen molar-refractivity contribution < 1.29 is 23.9 Å². The number of hydrogen-bond acceptors (Lipinski definition) is 7. The fourth-order valence-electron chi connectivity index (χ4n) is 4.30. The van der Waals surface area contributed by atoms with Gasteiger partial charge in [-0.1, -0.05) is 48.5 Å². The maximum absolute atomic E-state index is 13.2. The van der Waals surface area contributed by atoms with Crippen molar-refractivity contribution in [2.45, 2.75) is 26.5 Å². The number of rotatable bonds is 9. The van der Waals surface area contributed by atoms with Gasteiger partial charge in [0, 0.05) is 11.4 Å². The van der Waals surface area contributed by atoms with E-state index < -0.39 is 16.9 Å². The third kappa shape index (κ3) is 5.45. The summed E-state index contributed by atoms with van der Waals surface area (Å²) in [5.74, 6) is -0.126. The van der Waals surface area contributed by atoms with Crippen LogP contribution in [-0.2, 0) is 16.1 Å². The maximum Gasteiger partial charge on any atom is 0.338 e. The molecule has 1 aliphatic rings. The first-order valence-corrected chi connectivity index (χ1v) is 12.3. The number of nitro benzene ring substituents is 1. The largest absolute Gasteiger partial charge is 0.493 e. The zero-order valence-corrected chi connectivity index (χ0v) is 22.0. The molecular formula is C28H27N3O6S. The lowest BCUT2D eigenvalue weighted by Gasteiger charge is -2.37. The van der Waals surface area contributed by atoms with Crippen molar-refractivity contribution in [3.63, 3.8) is 0 Å². The molecule has 0 bridgehead atoms. The minimum atomic E-state index is -0.959. The molecule has 0 unspecified atom stereocenters. The summed E-state index contributed by atoms with van der Waals surface area (Å²) in [6.45, 7) is 3.76. The average Bonchev–Trinajstić information content (AvgIpc) is 2.92. The van der Waals surface area contributed by atoms with E-state index in [1.54, 1.807) is 18.7 Å². The lowest BCUT2D eigenvalue weighted by atomic mass is 9.93. The van der Waals surface area contributed by atoms with E-state index in [2.05, 4.69) is 5.32 Å². The summed E-state index contributed by atoms with van der Waals surface area (Å²) in [4.78, 5) is 26.7. The number of hydrogen-bond donors (Lipinski definition) is 1. The lowest BCUT2D eigenvalue weighted by Crippen LogP contribution is -2.48. The van der Waals surface area contributed by atoms with Gasteiger partial charge in [-0.15, -0.1) is 0 Å². The highest BCUT2D eigenvalue weighted by molar-refractivity contribution is 7.80. The van der Waals surface area contributed by atoms with E-state index in [9.17, 15) is 14.9 Å². The number of thiocarbonyl (C=S) groups is 1. The first kappa shape index (κ1) is 26.6. The van der Waals surface area contributed by atoms with Crippen molar-refractivity contribution in [2.24, 2.45) is 0 Å². The summed E-state index contributed by atoms with van der Waals surface area (Å²) in [5.41, 5.74) is 2.27. The molecule has 4 rings (SSSR count). The Hall–Kier alpha value is -4.44. The van der Waals surface area contributed by atoms with Gasteiger partial charge >= 0.3 is 5.97 Å². The first-order valence-electron chi connectivity index (χ1n) is 11.9. The van der Waals surface area contributed by atoms with Crippen LogP contribution >= 0.6 is 12.2 Å². The number of methoxy groups -OCH3 is 1. The molecule has 3 aromatic rings. The molecule has 0 radical (unpaired) electrons. The van der Waals surface area contributed by atoms with Gasteiger partial charge in [0.1, 0.15) is 6.61 Å². The summed E-state index contributed by atoms with van der Waals surface area (Å²) in [6, 6.07) is 20.6. The Morgan fingerprint density at radius 1 is 1.08 bits per heavy atom. The third-order valence-electron chi connectivity index (χ3n) is 6.05. The molecule has 0 amide bonds. The molecule has 3 aromatic carbocycles. The predicted molar refractivity (Wildman–Crippen MR) is 147 cm³/mol. The second-order valence-electron chi connectivity index (χ2n) is 8.37. The molecule has 38 heavy (non-hydrogen) atoms. The quantitative estimate of drug-likeness (QED) is 0.166. The molecule has 0 spiro atoms. The summed E-state index contributed by atoms with van der Waals surface area (Å²) in [5, 5.41) is 15.7. The Morgan fingerprint density at radius 3 is 2.34 bits per heavy atom. The van der Waals surface area contributed by atoms with Crippen molar-refractivity contribution in [1.29, 1.82) is 0 Å². The normalized spacial score (nSPS) is 15.1. The number of anilines is 1. The third-order valence-corrected chi connectivity index (χ3v) is 6.35. The smallest absolute Gasteiger partial charge is 0.338 e. The highest BCUT2D eigenvalue weighted by Gasteiger charge is 2.39. The van der Waals surface area contributed by atoms with Crippen molar-refractivity contribution in [2.75, 3.05) is 18.6 Å². The van der Waals surface area contributed by atoms with Crippen LogP contribution in [0.1, 0.15) is 31.0 Å². The van der Waals surface area contributed by atoms with Crippen LogP contribution in [0.2, 0.25) is 0 Å². The highest BCUT2D eigenvalue weighted by atomic mass is 32.1. The molecule has 0 saturated heterocycles. The number of carbonyl (C=O) groups excluding carboxylic acids is 1. The van der Waals surface area contributed by atoms with Crippen molar-refractivity contribution >= 4 is 34.7 Å². The Morgan fingerprint density at radius 2 is 1.74 bits per heavy atom. The molecule has 0 aromatic heterocycles. The molecule has 1 atom stereocenters. The maximum atomic E-state index is 13.2. The molecule has 1 heterocycles. The Kier molecular flexibility index (Phi) is 8.22. The number of esters is 1. The number of nitrogens with one attached hydrogen (secondary N) is 1. The summed E-state index contributed by atoms with van der Waals surface area (Å²) in [6.07, 6.45) is 0. The van der Waals surface area contributed by atoms with Crippen molar-refractivity contribution in [3.8, 4) is 11.5 Å². The number of carbonyl (C=O) groups is 1. The lowest BCUT2D eigenvalue weighted by molar-refractivity contribution is -0.385. The van der Waals surface area contributed by atoms with Gasteiger partial charge < -0.3 is 19.5 Å². The van der Waals surface area contributed by atoms with E-state index >= 15 is 0 Å². The van der Waals surface area contributed by atoms with Crippen LogP contribution in [0.3, 0.4) is 0 Å². The van der Waals surface area contributed by atoms with Crippen molar-refractivity contribution in [3.05, 3.63) is 105 Å². The predicted octanol–water partition coefficient (Wildman–Crippen LogP) is 5.46. The number of allylic oxidation sites excluding steroid dienone is 1. The van der Waals surface area contributed by atoms with E-state index in [-0.39, 0.29) is 46.6 Å². The van der Waals surface area contributed by atoms with Crippen molar-refractivity contribution in [1.82, 2.24) is 5.32 Å². The van der Waals surface area contributed by atoms with Gasteiger partial charge in [-0.05, 0) is 49.8 Å². The van der Waals surface area contributed by atoms with Gasteiger partial charge in [0.05, 0.1) is 41.9 Å². The summed E-state index contributed by atoms with van der Waals surface area (Å²) >= 11 is 5.66. The van der Waals surface area contributed by atoms with Gasteiger partial charge in [0.25, 0.3) is 5.69 Å². The Bertz CT molecular complexity index is 1380. The fraction of sp³-hybridized carbons (Fsp3) is 0.214. The standard InChI is InChI=1S/C28H27N3O6S/c1-4-36-27(32)25-18(2)30(20-13-9-6-10-14-20)28(38)29-26(25)21-15-23(35-3)24(16-22(21)31(33)34)37-17-19-11-7-5-8-12-19/h5-16,26H,4,17H2,1-3H3,(H,29,38)/t26-/m0/s1. The molecule has 0 aliphatic carbocycles. The van der Waals surface area contributed by atoms with Crippen LogP contribution in [0, 0.1) is 10.1 Å². The SMILES string of the molecule is CCOC(=O)C1=C(C)N(c2ccccc2)C(=S)N[C@H]1c1cc(OC)c(OCc2ccccc2)cc1[N+](=O)[O-]. The Balaban J connectivity index is 1.82. The number of nitrogens with zero attached hydrogens (tertiary/aromatic N) is 2. The minimum Gasteiger partial charge on any atom is -0.493 e. The molecule has 10 heteroatoms. The van der Waals surface area contributed by atoms with Gasteiger partial charge in [-0.2, -0.15) is 0 Å². The topological polar surface area (TPSA) is 103 Å². The Labute approximate surface area is 225 Å². The van der Waals surface area contributed by atoms with Gasteiger partial charge in [0.15, 0.2) is 16.6 Å². The number of nitro groups is 1. The summed E-state index contributed by atoms with van der Waals surface area (Å²) < 4.78 is 16.8. The molecule has 0 fully saturated rings. The molecule has 196 valence electrons. The van der Waals surface area contributed by atoms with Gasteiger partial charge in [-0.25, -0.2) is 4.79 Å². The number of ether oxygens (including phenoxy) is 3. The fourth-order valence-corrected chi connectivity index (χ4v) is 4.66. The van der Waals surface area contributed by atoms with Crippen LogP contribution in [0.15, 0.2) is 84.1 Å². The zero-order valence-electron chi connectivity index (χ0n) is 21.2. The van der Waals surface area contributed by atoms with E-state index in [0.29, 0.717) is 5.70 Å². The van der Waals surface area contributed by atoms with Crippen LogP contribution < -0.4 is 19.7 Å². The molecule has 9 nitrogen and oxygen atoms in total. The van der Waals surface area contributed by atoms with Crippen LogP contribution in [-0.4, -0.2) is 29.7 Å². The van der Waals surface area contributed by atoms with E-state index in [1.807, 2.05) is 60.7 Å². The molecular weight excluding hydrogens is 506 g/mol. The van der Waals surface area contributed by atoms with Crippen LogP contribution in [0.4, 0.5) is 11.4 Å². The van der Waals surface area contributed by atoms with Gasteiger partial charge in [-0.3, -0.25) is 15.0 Å². The minimum absolute atomic E-state index is 0.135. The van der Waals surface area contributed by atoms with Gasteiger partial charge in [0.2, 0.25) is 0 Å². The van der Waals surface area contributed by atoms with E-state index in [0.717, 1.165) is 11.3 Å².